The lowest BCUT2D eigenvalue weighted by atomic mass is 9.89. The van der Waals surface area contributed by atoms with Crippen molar-refractivity contribution in [2.75, 3.05) is 17.6 Å². The van der Waals surface area contributed by atoms with Gasteiger partial charge in [0.1, 0.15) is 0 Å². The Bertz CT molecular complexity index is 866. The van der Waals surface area contributed by atoms with Crippen LogP contribution in [-0.4, -0.2) is 24.1 Å². The van der Waals surface area contributed by atoms with Crippen molar-refractivity contribution >= 4 is 45.2 Å². The van der Waals surface area contributed by atoms with Crippen LogP contribution in [0.25, 0.3) is 0 Å². The van der Waals surface area contributed by atoms with E-state index >= 15 is 0 Å². The number of carbonyl (C=O) groups excluding carboxylic acids is 2. The molecule has 1 saturated carbocycles. The molecule has 0 unspecified atom stereocenters. The van der Waals surface area contributed by atoms with Gasteiger partial charge in [0, 0.05) is 15.9 Å². The summed E-state index contributed by atoms with van der Waals surface area (Å²) in [4.78, 5) is 25.9. The molecule has 3 rings (SSSR count). The van der Waals surface area contributed by atoms with Gasteiger partial charge in [-0.15, -0.1) is 11.8 Å². The summed E-state index contributed by atoms with van der Waals surface area (Å²) >= 11 is 4.90. The van der Waals surface area contributed by atoms with Gasteiger partial charge in [0.15, 0.2) is 0 Å². The van der Waals surface area contributed by atoms with E-state index in [2.05, 4.69) is 26.6 Å². The summed E-state index contributed by atoms with van der Waals surface area (Å²) in [6.45, 7) is 2.77. The monoisotopic (exact) mass is 474 g/mol. The molecule has 0 saturated heterocycles. The normalized spacial score (nSPS) is 14.4. The first-order valence-electron chi connectivity index (χ1n) is 10.1. The second kappa shape index (κ2) is 10.8. The summed E-state index contributed by atoms with van der Waals surface area (Å²) in [6.07, 6.45) is 6.29. The largest absolute Gasteiger partial charge is 0.355 e. The summed E-state index contributed by atoms with van der Waals surface area (Å²) < 4.78 is 0.845. The Morgan fingerprint density at radius 3 is 2.62 bits per heavy atom. The number of hydrogen-bond acceptors (Lipinski definition) is 3. The van der Waals surface area contributed by atoms with Gasteiger partial charge in [0.25, 0.3) is 5.91 Å². The Hall–Kier alpha value is -1.79. The molecule has 1 aliphatic carbocycles. The third kappa shape index (κ3) is 6.61. The number of hydrogen-bond donors (Lipinski definition) is 2. The number of nitrogens with one attached hydrogen (secondary N) is 2. The molecule has 6 heteroatoms. The lowest BCUT2D eigenvalue weighted by Crippen LogP contribution is -2.31. The van der Waals surface area contributed by atoms with Gasteiger partial charge in [-0.3, -0.25) is 9.59 Å². The van der Waals surface area contributed by atoms with Crippen LogP contribution < -0.4 is 10.6 Å². The van der Waals surface area contributed by atoms with Crippen molar-refractivity contribution in [2.45, 2.75) is 43.9 Å². The first-order valence-corrected chi connectivity index (χ1v) is 11.9. The molecule has 154 valence electrons. The van der Waals surface area contributed by atoms with Crippen LogP contribution in [0.3, 0.4) is 0 Å². The van der Waals surface area contributed by atoms with Gasteiger partial charge >= 0.3 is 0 Å². The average molecular weight is 475 g/mol. The van der Waals surface area contributed by atoms with Crippen molar-refractivity contribution in [3.63, 3.8) is 0 Å². The van der Waals surface area contributed by atoms with E-state index in [1.807, 2.05) is 43.3 Å². The van der Waals surface area contributed by atoms with E-state index < -0.39 is 0 Å². The lowest BCUT2D eigenvalue weighted by Gasteiger charge is -2.21. The number of benzene rings is 2. The van der Waals surface area contributed by atoms with Gasteiger partial charge < -0.3 is 10.6 Å². The Morgan fingerprint density at radius 1 is 1.10 bits per heavy atom. The van der Waals surface area contributed by atoms with Crippen molar-refractivity contribution in [2.24, 2.45) is 5.92 Å². The molecule has 0 atom stereocenters. The molecule has 2 aromatic carbocycles. The predicted octanol–water partition coefficient (Wildman–Crippen LogP) is 5.80. The minimum Gasteiger partial charge on any atom is -0.355 e. The highest BCUT2D eigenvalue weighted by atomic mass is 79.9. The molecule has 0 aromatic heterocycles. The summed E-state index contributed by atoms with van der Waals surface area (Å²) in [6, 6.07) is 13.2. The predicted molar refractivity (Wildman–Crippen MR) is 124 cm³/mol. The molecule has 2 amide bonds. The van der Waals surface area contributed by atoms with Gasteiger partial charge in [-0.25, -0.2) is 0 Å². The Morgan fingerprint density at radius 2 is 1.86 bits per heavy atom. The summed E-state index contributed by atoms with van der Waals surface area (Å²) in [5, 5.41) is 6.01. The lowest BCUT2D eigenvalue weighted by molar-refractivity contribution is -0.118. The molecule has 1 fully saturated rings. The number of aryl methyl sites for hydroxylation is 1. The second-order valence-corrected chi connectivity index (χ2v) is 9.40. The minimum atomic E-state index is -0.180. The fraction of sp³-hybridized carbons (Fsp3) is 0.391. The van der Waals surface area contributed by atoms with Crippen LogP contribution >= 0.6 is 27.7 Å². The number of anilines is 1. The first-order chi connectivity index (χ1) is 14.0. The summed E-state index contributed by atoms with van der Waals surface area (Å²) in [5.41, 5.74) is 2.42. The molecule has 0 bridgehead atoms. The molecule has 0 radical (unpaired) electrons. The van der Waals surface area contributed by atoms with E-state index in [-0.39, 0.29) is 11.8 Å². The topological polar surface area (TPSA) is 58.2 Å². The second-order valence-electron chi connectivity index (χ2n) is 7.53. The maximum atomic E-state index is 12.8. The molecule has 2 N–H and O–H groups in total. The smallest absolute Gasteiger partial charge is 0.256 e. The zero-order valence-electron chi connectivity index (χ0n) is 16.7. The maximum absolute atomic E-state index is 12.8. The SMILES string of the molecule is Cc1ccc(NC(=O)c2ccccc2SCC(=O)NCC2CCCCC2)c(Br)c1. The molecule has 2 aromatic rings. The van der Waals surface area contributed by atoms with Crippen LogP contribution in [0.1, 0.15) is 48.0 Å². The van der Waals surface area contributed by atoms with Gasteiger partial charge in [0.05, 0.1) is 17.0 Å². The van der Waals surface area contributed by atoms with Crippen LogP contribution in [0, 0.1) is 12.8 Å². The van der Waals surface area contributed by atoms with E-state index in [1.54, 1.807) is 6.07 Å². The Kier molecular flexibility index (Phi) is 8.19. The molecular formula is C23H27BrN2O2S. The highest BCUT2D eigenvalue weighted by molar-refractivity contribution is 9.10. The first kappa shape index (κ1) is 21.9. The number of thioether (sulfide) groups is 1. The van der Waals surface area contributed by atoms with Crippen LogP contribution in [0.5, 0.6) is 0 Å². The van der Waals surface area contributed by atoms with Crippen molar-refractivity contribution in [1.82, 2.24) is 5.32 Å². The molecule has 4 nitrogen and oxygen atoms in total. The van der Waals surface area contributed by atoms with E-state index in [1.165, 1.54) is 43.9 Å². The highest BCUT2D eigenvalue weighted by Gasteiger charge is 2.16. The van der Waals surface area contributed by atoms with Crippen LogP contribution in [0.15, 0.2) is 51.8 Å². The fourth-order valence-electron chi connectivity index (χ4n) is 3.54. The van der Waals surface area contributed by atoms with E-state index in [0.29, 0.717) is 17.2 Å². The standard InChI is InChI=1S/C23H27BrN2O2S/c1-16-11-12-20(19(24)13-16)26-23(28)18-9-5-6-10-21(18)29-15-22(27)25-14-17-7-3-2-4-8-17/h5-6,9-13,17H,2-4,7-8,14-15H2,1H3,(H,25,27)(H,26,28). The van der Waals surface area contributed by atoms with Crippen molar-refractivity contribution < 1.29 is 9.59 Å². The van der Waals surface area contributed by atoms with Gasteiger partial charge in [0.2, 0.25) is 5.91 Å². The Balaban J connectivity index is 1.56. The van der Waals surface area contributed by atoms with E-state index in [9.17, 15) is 9.59 Å². The third-order valence-corrected chi connectivity index (χ3v) is 6.91. The van der Waals surface area contributed by atoms with Crippen LogP contribution in [-0.2, 0) is 4.79 Å². The van der Waals surface area contributed by atoms with Gasteiger partial charge in [-0.2, -0.15) is 0 Å². The summed E-state index contributed by atoms with van der Waals surface area (Å²) in [7, 11) is 0. The summed E-state index contributed by atoms with van der Waals surface area (Å²) in [5.74, 6) is 0.770. The van der Waals surface area contributed by atoms with Crippen molar-refractivity contribution in [3.8, 4) is 0 Å². The maximum Gasteiger partial charge on any atom is 0.256 e. The van der Waals surface area contributed by atoms with E-state index in [4.69, 9.17) is 0 Å². The number of rotatable bonds is 7. The zero-order chi connectivity index (χ0) is 20.6. The molecule has 0 heterocycles. The molecule has 1 aliphatic rings. The number of amides is 2. The van der Waals surface area contributed by atoms with E-state index in [0.717, 1.165) is 27.2 Å². The molecule has 0 aliphatic heterocycles. The molecular weight excluding hydrogens is 448 g/mol. The van der Waals surface area contributed by atoms with Crippen molar-refractivity contribution in [1.29, 1.82) is 0 Å². The van der Waals surface area contributed by atoms with Crippen LogP contribution in [0.2, 0.25) is 0 Å². The number of halogens is 1. The fourth-order valence-corrected chi connectivity index (χ4v) is 5.01. The van der Waals surface area contributed by atoms with Gasteiger partial charge in [-0.1, -0.05) is 37.5 Å². The van der Waals surface area contributed by atoms with Gasteiger partial charge in [-0.05, 0) is 71.4 Å². The van der Waals surface area contributed by atoms with Crippen LogP contribution in [0.4, 0.5) is 5.69 Å². The average Bonchev–Trinajstić information content (AvgIpc) is 2.73. The molecule has 0 spiro atoms. The quantitative estimate of drug-likeness (QED) is 0.498. The molecule has 29 heavy (non-hydrogen) atoms. The number of carbonyl (C=O) groups is 2. The highest BCUT2D eigenvalue weighted by Crippen LogP contribution is 2.27. The Labute approximate surface area is 185 Å². The van der Waals surface area contributed by atoms with Crippen molar-refractivity contribution in [3.05, 3.63) is 58.1 Å². The third-order valence-electron chi connectivity index (χ3n) is 5.18. The zero-order valence-corrected chi connectivity index (χ0v) is 19.1. The minimum absolute atomic E-state index is 0.0251.